The molecule has 2 aromatic rings. The highest BCUT2D eigenvalue weighted by Crippen LogP contribution is 2.23. The van der Waals surface area contributed by atoms with Crippen LogP contribution < -0.4 is 11.1 Å². The summed E-state index contributed by atoms with van der Waals surface area (Å²) >= 11 is 6.08. The summed E-state index contributed by atoms with van der Waals surface area (Å²) in [6.07, 6.45) is 1.97. The standard InChI is InChI=1S/C32H46ClFN6O2/c1-23(2)22-40(39-18-16-37(3)17-19-39)26-12-14-38(15-13-26)32(42)30(20-24-8-10-25(33)11-9-24)36-31(41)21-29(35)27-6-4-5-7-28(27)34/h4-11,23,26,29-30H,12-22,35H2,1-3H3,(H,36,41)/t29-,30+/m1/s1. The summed E-state index contributed by atoms with van der Waals surface area (Å²) in [4.78, 5) is 31.2. The number of carbonyl (C=O) groups is 2. The first-order valence-electron chi connectivity index (χ1n) is 15.1. The maximum Gasteiger partial charge on any atom is 0.245 e. The van der Waals surface area contributed by atoms with Gasteiger partial charge in [0.05, 0.1) is 0 Å². The monoisotopic (exact) mass is 600 g/mol. The van der Waals surface area contributed by atoms with Crippen LogP contribution in [-0.2, 0) is 16.0 Å². The number of hydrogen-bond donors (Lipinski definition) is 2. The van der Waals surface area contributed by atoms with Gasteiger partial charge in [-0.05, 0) is 49.6 Å². The fraction of sp³-hybridized carbons (Fsp3) is 0.562. The Hall–Kier alpha value is -2.56. The molecule has 2 atom stereocenters. The number of benzene rings is 2. The van der Waals surface area contributed by atoms with Gasteiger partial charge in [0.1, 0.15) is 11.9 Å². The van der Waals surface area contributed by atoms with Crippen molar-refractivity contribution in [2.75, 3.05) is 52.9 Å². The molecule has 2 aliphatic heterocycles. The van der Waals surface area contributed by atoms with Crippen molar-refractivity contribution in [3.8, 4) is 0 Å². The van der Waals surface area contributed by atoms with E-state index in [1.54, 1.807) is 30.3 Å². The molecule has 2 aromatic carbocycles. The van der Waals surface area contributed by atoms with E-state index >= 15 is 0 Å². The van der Waals surface area contributed by atoms with Crippen LogP contribution in [0.25, 0.3) is 0 Å². The molecule has 2 amide bonds. The Kier molecular flexibility index (Phi) is 11.7. The van der Waals surface area contributed by atoms with E-state index in [9.17, 15) is 14.0 Å². The molecule has 2 fully saturated rings. The molecule has 0 unspecified atom stereocenters. The summed E-state index contributed by atoms with van der Waals surface area (Å²) in [5, 5.41) is 8.59. The Bertz CT molecular complexity index is 1170. The van der Waals surface area contributed by atoms with Crippen molar-refractivity contribution < 1.29 is 14.0 Å². The summed E-state index contributed by atoms with van der Waals surface area (Å²) in [5.41, 5.74) is 7.36. The van der Waals surface area contributed by atoms with Crippen LogP contribution in [0.1, 0.15) is 50.3 Å². The molecule has 2 saturated heterocycles. The predicted molar refractivity (Wildman–Crippen MR) is 165 cm³/mol. The van der Waals surface area contributed by atoms with Gasteiger partial charge in [-0.2, -0.15) is 0 Å². The second kappa shape index (κ2) is 15.3. The zero-order valence-corrected chi connectivity index (χ0v) is 25.9. The zero-order chi connectivity index (χ0) is 30.2. The van der Waals surface area contributed by atoms with Gasteiger partial charge < -0.3 is 20.9 Å². The first-order chi connectivity index (χ1) is 20.1. The lowest BCUT2D eigenvalue weighted by Gasteiger charge is -2.47. The molecule has 42 heavy (non-hydrogen) atoms. The second-order valence-corrected chi connectivity index (χ2v) is 12.5. The fourth-order valence-corrected chi connectivity index (χ4v) is 6.05. The molecule has 2 heterocycles. The second-order valence-electron chi connectivity index (χ2n) is 12.1. The lowest BCUT2D eigenvalue weighted by molar-refractivity contribution is -0.140. The van der Waals surface area contributed by atoms with Crippen molar-refractivity contribution in [1.82, 2.24) is 25.1 Å². The number of piperazine rings is 1. The number of halogens is 2. The molecule has 0 spiro atoms. The van der Waals surface area contributed by atoms with E-state index in [-0.39, 0.29) is 23.8 Å². The lowest BCUT2D eigenvalue weighted by atomic mass is 9.99. The molecule has 10 heteroatoms. The number of likely N-dealkylation sites (N-methyl/N-ethyl adjacent to an activating group) is 1. The summed E-state index contributed by atoms with van der Waals surface area (Å²) < 4.78 is 14.2. The molecule has 0 aliphatic carbocycles. The Morgan fingerprint density at radius 2 is 1.67 bits per heavy atom. The maximum atomic E-state index is 14.2. The van der Waals surface area contributed by atoms with E-state index in [4.69, 9.17) is 17.3 Å². The van der Waals surface area contributed by atoms with Crippen molar-refractivity contribution in [3.63, 3.8) is 0 Å². The van der Waals surface area contributed by atoms with Gasteiger partial charge >= 0.3 is 0 Å². The molecular weight excluding hydrogens is 555 g/mol. The van der Waals surface area contributed by atoms with Crippen LogP contribution in [0.2, 0.25) is 5.02 Å². The van der Waals surface area contributed by atoms with Gasteiger partial charge in [-0.15, -0.1) is 0 Å². The van der Waals surface area contributed by atoms with Crippen LogP contribution in [0.3, 0.4) is 0 Å². The van der Waals surface area contributed by atoms with Crippen molar-refractivity contribution in [2.45, 2.75) is 57.7 Å². The Balaban J connectivity index is 1.42. The highest BCUT2D eigenvalue weighted by molar-refractivity contribution is 6.30. The average Bonchev–Trinajstić information content (AvgIpc) is 2.97. The van der Waals surface area contributed by atoms with Gasteiger partial charge in [0.15, 0.2) is 0 Å². The van der Waals surface area contributed by atoms with E-state index in [0.717, 1.165) is 51.1 Å². The Labute approximate surface area is 254 Å². The number of likely N-dealkylation sites (tertiary alicyclic amines) is 1. The SMILES string of the molecule is CC(C)CN(C1CCN(C(=O)[C@H](Cc2ccc(Cl)cc2)NC(=O)C[C@@H](N)c2ccccc2F)CC1)N1CCN(C)CC1. The predicted octanol–water partition coefficient (Wildman–Crippen LogP) is 3.71. The fourth-order valence-electron chi connectivity index (χ4n) is 5.92. The molecule has 0 bridgehead atoms. The number of piperidine rings is 1. The number of hydrogen-bond acceptors (Lipinski definition) is 6. The van der Waals surface area contributed by atoms with E-state index in [1.807, 2.05) is 17.0 Å². The number of rotatable bonds is 11. The normalized spacial score (nSPS) is 18.8. The summed E-state index contributed by atoms with van der Waals surface area (Å²) in [6, 6.07) is 12.3. The van der Waals surface area contributed by atoms with Gasteiger partial charge in [0.25, 0.3) is 0 Å². The molecule has 230 valence electrons. The molecule has 0 aromatic heterocycles. The lowest BCUT2D eigenvalue weighted by Crippen LogP contribution is -2.60. The summed E-state index contributed by atoms with van der Waals surface area (Å²) in [6.45, 7) is 10.9. The molecule has 2 aliphatic rings. The van der Waals surface area contributed by atoms with E-state index in [2.05, 4.69) is 41.1 Å². The van der Waals surface area contributed by atoms with E-state index in [1.165, 1.54) is 6.07 Å². The van der Waals surface area contributed by atoms with Gasteiger partial charge in [0, 0.05) is 81.3 Å². The third kappa shape index (κ3) is 8.97. The topological polar surface area (TPSA) is 85.1 Å². The van der Waals surface area contributed by atoms with Gasteiger partial charge in [-0.25, -0.2) is 14.4 Å². The largest absolute Gasteiger partial charge is 0.344 e. The van der Waals surface area contributed by atoms with Crippen LogP contribution in [-0.4, -0.2) is 96.6 Å². The minimum Gasteiger partial charge on any atom is -0.344 e. The smallest absolute Gasteiger partial charge is 0.245 e. The molecule has 8 nitrogen and oxygen atoms in total. The quantitative estimate of drug-likeness (QED) is 0.409. The third-order valence-electron chi connectivity index (χ3n) is 8.29. The number of amides is 2. The van der Waals surface area contributed by atoms with Crippen LogP contribution in [0.4, 0.5) is 4.39 Å². The van der Waals surface area contributed by atoms with E-state index < -0.39 is 17.9 Å². The van der Waals surface area contributed by atoms with Crippen LogP contribution >= 0.6 is 11.6 Å². The van der Waals surface area contributed by atoms with Gasteiger partial charge in [-0.3, -0.25) is 9.59 Å². The van der Waals surface area contributed by atoms with Gasteiger partial charge in [0.2, 0.25) is 11.8 Å². The highest BCUT2D eigenvalue weighted by Gasteiger charge is 2.34. The summed E-state index contributed by atoms with van der Waals surface area (Å²) in [7, 11) is 2.17. The number of carbonyl (C=O) groups excluding carboxylic acids is 2. The zero-order valence-electron chi connectivity index (χ0n) is 25.1. The maximum absolute atomic E-state index is 14.2. The van der Waals surface area contributed by atoms with Crippen molar-refractivity contribution in [2.24, 2.45) is 11.7 Å². The van der Waals surface area contributed by atoms with Crippen molar-refractivity contribution in [3.05, 3.63) is 70.5 Å². The van der Waals surface area contributed by atoms with Crippen LogP contribution in [0.5, 0.6) is 0 Å². The highest BCUT2D eigenvalue weighted by atomic mass is 35.5. The first kappa shape index (κ1) is 32.4. The number of nitrogens with two attached hydrogens (primary N) is 1. The Morgan fingerprint density at radius 1 is 1.02 bits per heavy atom. The third-order valence-corrected chi connectivity index (χ3v) is 8.54. The molecule has 3 N–H and O–H groups in total. The number of hydrazine groups is 1. The van der Waals surface area contributed by atoms with E-state index in [0.29, 0.717) is 36.5 Å². The van der Waals surface area contributed by atoms with Crippen molar-refractivity contribution >= 4 is 23.4 Å². The Morgan fingerprint density at radius 3 is 2.29 bits per heavy atom. The average molecular weight is 601 g/mol. The minimum absolute atomic E-state index is 0.105. The van der Waals surface area contributed by atoms with Gasteiger partial charge in [-0.1, -0.05) is 55.8 Å². The minimum atomic E-state index is -0.810. The summed E-state index contributed by atoms with van der Waals surface area (Å²) in [5.74, 6) is -0.395. The molecule has 0 saturated carbocycles. The molecular formula is C32H46ClFN6O2. The molecule has 0 radical (unpaired) electrons. The van der Waals surface area contributed by atoms with Crippen LogP contribution in [0, 0.1) is 11.7 Å². The van der Waals surface area contributed by atoms with Crippen molar-refractivity contribution in [1.29, 1.82) is 0 Å². The van der Waals surface area contributed by atoms with Crippen LogP contribution in [0.15, 0.2) is 48.5 Å². The number of nitrogens with one attached hydrogen (secondary N) is 1. The number of nitrogens with zero attached hydrogens (tertiary/aromatic N) is 4. The first-order valence-corrected chi connectivity index (χ1v) is 15.5. The molecule has 4 rings (SSSR count).